The van der Waals surface area contributed by atoms with Gasteiger partial charge >= 0.3 is 0 Å². The number of thiophene rings is 1. The van der Waals surface area contributed by atoms with E-state index in [9.17, 15) is 0 Å². The van der Waals surface area contributed by atoms with Crippen molar-refractivity contribution in [3.63, 3.8) is 0 Å². The van der Waals surface area contributed by atoms with Gasteiger partial charge in [0.2, 0.25) is 0 Å². The van der Waals surface area contributed by atoms with E-state index in [0.717, 1.165) is 17.7 Å². The van der Waals surface area contributed by atoms with E-state index >= 15 is 0 Å². The summed E-state index contributed by atoms with van der Waals surface area (Å²) in [5.41, 5.74) is 4.90. The first-order chi connectivity index (χ1) is 10.1. The first kappa shape index (κ1) is 14.5. The summed E-state index contributed by atoms with van der Waals surface area (Å²) in [7, 11) is 1.85. The number of halogens is 1. The third-order valence-electron chi connectivity index (χ3n) is 3.67. The van der Waals surface area contributed by atoms with Crippen LogP contribution in [0, 0.1) is 6.92 Å². The number of nitrogens with two attached hydrogens (primary N) is 1. The molecule has 0 aliphatic rings. The van der Waals surface area contributed by atoms with Crippen molar-refractivity contribution in [2.24, 2.45) is 12.9 Å². The molecule has 0 amide bonds. The number of aromatic nitrogens is 2. The highest BCUT2D eigenvalue weighted by Gasteiger charge is 2.19. The Hall–Kier alpha value is -1.40. The van der Waals surface area contributed by atoms with Crippen LogP contribution in [0.15, 0.2) is 30.3 Å². The van der Waals surface area contributed by atoms with Gasteiger partial charge in [0.25, 0.3) is 0 Å². The molecular weight excluding hydrogens is 304 g/mol. The fourth-order valence-corrected chi connectivity index (χ4v) is 3.90. The van der Waals surface area contributed by atoms with Gasteiger partial charge in [0.05, 0.1) is 11.7 Å². The van der Waals surface area contributed by atoms with Crippen molar-refractivity contribution in [1.29, 1.82) is 0 Å². The van der Waals surface area contributed by atoms with E-state index in [2.05, 4.69) is 34.8 Å². The molecule has 0 saturated heterocycles. The van der Waals surface area contributed by atoms with Crippen molar-refractivity contribution in [3.8, 4) is 0 Å². The summed E-state index contributed by atoms with van der Waals surface area (Å²) in [6.45, 7) is 1.97. The number of hydrogen-bond donors (Lipinski definition) is 2. The maximum atomic E-state index is 6.32. The number of fused-ring (bicyclic) bond motifs is 1. The fraction of sp³-hybridized carbons (Fsp3) is 0.267. The quantitative estimate of drug-likeness (QED) is 0.572. The van der Waals surface area contributed by atoms with Crippen LogP contribution in [0.25, 0.3) is 10.1 Å². The third-order valence-corrected chi connectivity index (χ3v) is 5.37. The van der Waals surface area contributed by atoms with Crippen LogP contribution >= 0.6 is 22.9 Å². The van der Waals surface area contributed by atoms with E-state index in [1.807, 2.05) is 20.0 Å². The number of nitrogens with one attached hydrogen (secondary N) is 1. The molecule has 1 atom stereocenters. The Kier molecular flexibility index (Phi) is 3.99. The Morgan fingerprint density at radius 1 is 1.43 bits per heavy atom. The van der Waals surface area contributed by atoms with Gasteiger partial charge in [0.1, 0.15) is 5.15 Å². The molecule has 0 fully saturated rings. The van der Waals surface area contributed by atoms with Gasteiger partial charge in [-0.1, -0.05) is 29.8 Å². The van der Waals surface area contributed by atoms with Gasteiger partial charge < -0.3 is 0 Å². The van der Waals surface area contributed by atoms with Gasteiger partial charge in [0.15, 0.2) is 0 Å². The lowest BCUT2D eigenvalue weighted by atomic mass is 10.1. The fourth-order valence-electron chi connectivity index (χ4n) is 2.53. The zero-order valence-corrected chi connectivity index (χ0v) is 13.5. The summed E-state index contributed by atoms with van der Waals surface area (Å²) in [5.74, 6) is 5.77. The van der Waals surface area contributed by atoms with Crippen molar-refractivity contribution in [3.05, 3.63) is 51.6 Å². The van der Waals surface area contributed by atoms with E-state index in [4.69, 9.17) is 17.4 Å². The zero-order valence-electron chi connectivity index (χ0n) is 11.9. The third kappa shape index (κ3) is 2.70. The van der Waals surface area contributed by atoms with Crippen LogP contribution in [0.3, 0.4) is 0 Å². The van der Waals surface area contributed by atoms with Crippen molar-refractivity contribution < 1.29 is 0 Å². The molecule has 0 aliphatic heterocycles. The molecule has 3 rings (SSSR count). The molecule has 1 unspecified atom stereocenters. The topological polar surface area (TPSA) is 55.9 Å². The highest BCUT2D eigenvalue weighted by atomic mass is 35.5. The second-order valence-electron chi connectivity index (χ2n) is 5.09. The maximum Gasteiger partial charge on any atom is 0.130 e. The average molecular weight is 321 g/mol. The van der Waals surface area contributed by atoms with E-state index in [1.54, 1.807) is 16.0 Å². The summed E-state index contributed by atoms with van der Waals surface area (Å²) in [5, 5.41) is 6.27. The van der Waals surface area contributed by atoms with Crippen LogP contribution in [-0.2, 0) is 13.5 Å². The minimum absolute atomic E-state index is 0.0304. The van der Waals surface area contributed by atoms with Gasteiger partial charge in [0, 0.05) is 22.2 Å². The molecule has 3 N–H and O–H groups in total. The molecule has 0 saturated carbocycles. The lowest BCUT2D eigenvalue weighted by molar-refractivity contribution is 0.559. The van der Waals surface area contributed by atoms with Crippen LogP contribution in [0.4, 0.5) is 0 Å². The smallest absolute Gasteiger partial charge is 0.130 e. The molecule has 2 aromatic heterocycles. The first-order valence-corrected chi connectivity index (χ1v) is 7.92. The zero-order chi connectivity index (χ0) is 15.0. The number of nitrogens with zero attached hydrogens (tertiary/aromatic N) is 2. The van der Waals surface area contributed by atoms with Gasteiger partial charge in [-0.15, -0.1) is 11.3 Å². The number of aryl methyl sites for hydroxylation is 2. The lowest BCUT2D eigenvalue weighted by Gasteiger charge is -2.14. The second-order valence-corrected chi connectivity index (χ2v) is 6.56. The van der Waals surface area contributed by atoms with Crippen molar-refractivity contribution in [2.45, 2.75) is 19.4 Å². The molecule has 2 heterocycles. The van der Waals surface area contributed by atoms with Gasteiger partial charge in [-0.05, 0) is 30.9 Å². The highest BCUT2D eigenvalue weighted by molar-refractivity contribution is 7.19. The van der Waals surface area contributed by atoms with Gasteiger partial charge in [-0.25, -0.2) is 0 Å². The van der Waals surface area contributed by atoms with E-state index in [0.29, 0.717) is 5.15 Å². The Bertz CT molecular complexity index is 744. The molecule has 0 spiro atoms. The maximum absolute atomic E-state index is 6.32. The Balaban J connectivity index is 1.94. The highest BCUT2D eigenvalue weighted by Crippen LogP contribution is 2.32. The minimum Gasteiger partial charge on any atom is -0.271 e. The molecule has 4 nitrogen and oxygen atoms in total. The normalized spacial score (nSPS) is 13.0. The number of benzene rings is 1. The number of rotatable bonds is 4. The second kappa shape index (κ2) is 5.77. The monoisotopic (exact) mass is 320 g/mol. The summed E-state index contributed by atoms with van der Waals surface area (Å²) in [6, 6.07) is 10.6. The largest absolute Gasteiger partial charge is 0.271 e. The van der Waals surface area contributed by atoms with Gasteiger partial charge in [-0.2, -0.15) is 5.10 Å². The SMILES string of the molecule is Cc1nn(C)c(Cl)c1CC(NN)c1cc2ccccc2s1. The van der Waals surface area contributed by atoms with Crippen molar-refractivity contribution in [2.75, 3.05) is 0 Å². The average Bonchev–Trinajstić information content (AvgIpc) is 3.00. The predicted octanol–water partition coefficient (Wildman–Crippen LogP) is 3.34. The van der Waals surface area contributed by atoms with E-state index in [1.165, 1.54) is 15.0 Å². The Morgan fingerprint density at radius 2 is 2.19 bits per heavy atom. The van der Waals surface area contributed by atoms with Crippen LogP contribution in [0.5, 0.6) is 0 Å². The van der Waals surface area contributed by atoms with E-state index in [-0.39, 0.29) is 6.04 Å². The molecule has 0 aliphatic carbocycles. The Labute approximate surface area is 132 Å². The van der Waals surface area contributed by atoms with Crippen LogP contribution < -0.4 is 11.3 Å². The summed E-state index contributed by atoms with van der Waals surface area (Å²) in [4.78, 5) is 1.21. The number of hydrazine groups is 1. The molecule has 21 heavy (non-hydrogen) atoms. The number of hydrogen-bond acceptors (Lipinski definition) is 4. The summed E-state index contributed by atoms with van der Waals surface area (Å²) in [6.07, 6.45) is 0.724. The van der Waals surface area contributed by atoms with Crippen LogP contribution in [0.1, 0.15) is 22.2 Å². The molecule has 1 aromatic carbocycles. The summed E-state index contributed by atoms with van der Waals surface area (Å²) >= 11 is 8.07. The molecule has 0 radical (unpaired) electrons. The lowest BCUT2D eigenvalue weighted by Crippen LogP contribution is -2.29. The molecular formula is C15H17ClN4S. The molecule has 0 bridgehead atoms. The molecule has 3 aromatic rings. The van der Waals surface area contributed by atoms with Gasteiger partial charge in [-0.3, -0.25) is 16.0 Å². The molecule has 110 valence electrons. The van der Waals surface area contributed by atoms with Crippen molar-refractivity contribution >= 4 is 33.0 Å². The molecule has 6 heteroatoms. The standard InChI is InChI=1S/C15H17ClN4S/c1-9-11(15(16)20(2)19-9)8-12(18-17)14-7-10-5-3-4-6-13(10)21-14/h3-7,12,18H,8,17H2,1-2H3. The summed E-state index contributed by atoms with van der Waals surface area (Å²) < 4.78 is 2.96. The minimum atomic E-state index is 0.0304. The predicted molar refractivity (Wildman–Crippen MR) is 88.5 cm³/mol. The first-order valence-electron chi connectivity index (χ1n) is 6.72. The van der Waals surface area contributed by atoms with E-state index < -0.39 is 0 Å². The Morgan fingerprint density at radius 3 is 2.81 bits per heavy atom. The van der Waals surface area contributed by atoms with Crippen molar-refractivity contribution in [1.82, 2.24) is 15.2 Å². The van der Waals surface area contributed by atoms with Crippen LogP contribution in [-0.4, -0.2) is 9.78 Å². The van der Waals surface area contributed by atoms with Crippen LogP contribution in [0.2, 0.25) is 5.15 Å².